The zero-order valence-electron chi connectivity index (χ0n) is 9.00. The SMILES string of the molecule is CC(=O)/C(C)=C\c1ccc(N(C)C)s1. The predicted molar refractivity (Wildman–Crippen MR) is 63.0 cm³/mol. The van der Waals surface area contributed by atoms with Crippen LogP contribution in [0.5, 0.6) is 0 Å². The fourth-order valence-electron chi connectivity index (χ4n) is 0.975. The van der Waals surface area contributed by atoms with Gasteiger partial charge in [-0.25, -0.2) is 0 Å². The molecule has 0 spiro atoms. The Hall–Kier alpha value is -1.09. The van der Waals surface area contributed by atoms with Gasteiger partial charge in [-0.05, 0) is 37.6 Å². The zero-order valence-corrected chi connectivity index (χ0v) is 9.81. The van der Waals surface area contributed by atoms with Crippen molar-refractivity contribution in [1.82, 2.24) is 0 Å². The molecule has 3 heteroatoms. The Morgan fingerprint density at radius 3 is 2.43 bits per heavy atom. The number of anilines is 1. The highest BCUT2D eigenvalue weighted by atomic mass is 32.1. The number of nitrogens with zero attached hydrogens (tertiary/aromatic N) is 1. The van der Waals surface area contributed by atoms with E-state index in [1.807, 2.05) is 33.2 Å². The summed E-state index contributed by atoms with van der Waals surface area (Å²) in [7, 11) is 4.02. The molecule has 0 amide bonds. The third-order valence-electron chi connectivity index (χ3n) is 1.97. The van der Waals surface area contributed by atoms with E-state index in [1.165, 1.54) is 5.00 Å². The Bertz CT molecular complexity index is 363. The van der Waals surface area contributed by atoms with E-state index < -0.39 is 0 Å². The molecule has 0 bridgehead atoms. The summed E-state index contributed by atoms with van der Waals surface area (Å²) < 4.78 is 0. The first-order valence-corrected chi connectivity index (χ1v) is 5.28. The third-order valence-corrected chi connectivity index (χ3v) is 3.17. The monoisotopic (exact) mass is 209 g/mol. The number of allylic oxidation sites excluding steroid dienone is 1. The summed E-state index contributed by atoms with van der Waals surface area (Å²) >= 11 is 1.68. The van der Waals surface area contributed by atoms with Gasteiger partial charge in [-0.3, -0.25) is 4.79 Å². The molecule has 0 aromatic carbocycles. The molecule has 0 radical (unpaired) electrons. The molecule has 1 aromatic rings. The van der Waals surface area contributed by atoms with E-state index in [0.29, 0.717) is 0 Å². The van der Waals surface area contributed by atoms with Crippen LogP contribution >= 0.6 is 11.3 Å². The smallest absolute Gasteiger partial charge is 0.155 e. The van der Waals surface area contributed by atoms with Gasteiger partial charge in [-0.1, -0.05) is 0 Å². The summed E-state index contributed by atoms with van der Waals surface area (Å²) in [5.41, 5.74) is 0.803. The molecule has 0 saturated heterocycles. The number of Topliss-reactive ketones (excluding diaryl/α,β-unsaturated/α-hetero) is 1. The van der Waals surface area contributed by atoms with E-state index in [2.05, 4.69) is 11.0 Å². The molecule has 0 atom stereocenters. The van der Waals surface area contributed by atoms with Gasteiger partial charge < -0.3 is 4.90 Å². The van der Waals surface area contributed by atoms with Crippen LogP contribution in [0.2, 0.25) is 0 Å². The topological polar surface area (TPSA) is 20.3 Å². The van der Waals surface area contributed by atoms with Crippen LogP contribution in [-0.2, 0) is 4.79 Å². The predicted octanol–water partition coefficient (Wildman–Crippen LogP) is 2.81. The summed E-state index contributed by atoms with van der Waals surface area (Å²) in [6, 6.07) is 4.09. The Morgan fingerprint density at radius 1 is 1.36 bits per heavy atom. The van der Waals surface area contributed by atoms with Crippen LogP contribution in [0.4, 0.5) is 5.00 Å². The van der Waals surface area contributed by atoms with Crippen molar-refractivity contribution < 1.29 is 4.79 Å². The number of rotatable bonds is 3. The van der Waals surface area contributed by atoms with Crippen molar-refractivity contribution in [2.24, 2.45) is 0 Å². The van der Waals surface area contributed by atoms with Crippen molar-refractivity contribution in [2.75, 3.05) is 19.0 Å². The van der Waals surface area contributed by atoms with Crippen molar-refractivity contribution >= 4 is 28.2 Å². The summed E-state index contributed by atoms with van der Waals surface area (Å²) in [4.78, 5) is 14.2. The molecular weight excluding hydrogens is 194 g/mol. The van der Waals surface area contributed by atoms with Crippen molar-refractivity contribution in [3.63, 3.8) is 0 Å². The summed E-state index contributed by atoms with van der Waals surface area (Å²) in [5.74, 6) is 0.129. The maximum absolute atomic E-state index is 11.0. The molecule has 14 heavy (non-hydrogen) atoms. The maximum Gasteiger partial charge on any atom is 0.155 e. The molecule has 0 unspecified atom stereocenters. The second kappa shape index (κ2) is 4.42. The molecule has 0 aliphatic carbocycles. The third kappa shape index (κ3) is 2.70. The molecule has 0 saturated carbocycles. The van der Waals surface area contributed by atoms with Crippen LogP contribution in [0.1, 0.15) is 18.7 Å². The van der Waals surface area contributed by atoms with Gasteiger partial charge in [0.25, 0.3) is 0 Å². The second-order valence-electron chi connectivity index (χ2n) is 3.45. The Morgan fingerprint density at radius 2 is 2.00 bits per heavy atom. The van der Waals surface area contributed by atoms with E-state index >= 15 is 0 Å². The minimum Gasteiger partial charge on any atom is -0.370 e. The second-order valence-corrected chi connectivity index (χ2v) is 4.55. The van der Waals surface area contributed by atoms with Crippen molar-refractivity contribution in [3.05, 3.63) is 22.6 Å². The van der Waals surface area contributed by atoms with Crippen LogP contribution in [0, 0.1) is 0 Å². The minimum atomic E-state index is 0.129. The number of thiophene rings is 1. The van der Waals surface area contributed by atoms with Crippen LogP contribution in [-0.4, -0.2) is 19.9 Å². The lowest BCUT2D eigenvalue weighted by Crippen LogP contribution is -2.05. The lowest BCUT2D eigenvalue weighted by atomic mass is 10.2. The van der Waals surface area contributed by atoms with E-state index in [1.54, 1.807) is 18.3 Å². The average Bonchev–Trinajstić information content (AvgIpc) is 2.52. The molecule has 1 rings (SSSR count). The van der Waals surface area contributed by atoms with Gasteiger partial charge in [-0.15, -0.1) is 11.3 Å². The molecule has 2 nitrogen and oxygen atoms in total. The number of carbonyl (C=O) groups excluding carboxylic acids is 1. The average molecular weight is 209 g/mol. The standard InChI is InChI=1S/C11H15NOS/c1-8(9(2)13)7-10-5-6-11(14-10)12(3)4/h5-7H,1-4H3/b8-7-. The fourth-order valence-corrected chi connectivity index (χ4v) is 1.91. The Kier molecular flexibility index (Phi) is 3.47. The molecule has 76 valence electrons. The van der Waals surface area contributed by atoms with Gasteiger partial charge in [-0.2, -0.15) is 0 Å². The van der Waals surface area contributed by atoms with Gasteiger partial charge in [0.1, 0.15) is 0 Å². The fraction of sp³-hybridized carbons (Fsp3) is 0.364. The van der Waals surface area contributed by atoms with E-state index in [-0.39, 0.29) is 5.78 Å². The maximum atomic E-state index is 11.0. The van der Waals surface area contributed by atoms with Crippen molar-refractivity contribution in [1.29, 1.82) is 0 Å². The summed E-state index contributed by atoms with van der Waals surface area (Å²) in [6.45, 7) is 3.43. The molecule has 1 aromatic heterocycles. The van der Waals surface area contributed by atoms with Crippen LogP contribution in [0.25, 0.3) is 6.08 Å². The minimum absolute atomic E-state index is 0.129. The first-order chi connectivity index (χ1) is 6.50. The number of carbonyl (C=O) groups is 1. The van der Waals surface area contributed by atoms with E-state index in [9.17, 15) is 4.79 Å². The molecular formula is C11H15NOS. The first-order valence-electron chi connectivity index (χ1n) is 4.47. The quantitative estimate of drug-likeness (QED) is 0.713. The lowest BCUT2D eigenvalue weighted by Gasteiger charge is -2.06. The number of hydrogen-bond acceptors (Lipinski definition) is 3. The highest BCUT2D eigenvalue weighted by molar-refractivity contribution is 7.16. The van der Waals surface area contributed by atoms with Crippen molar-refractivity contribution in [2.45, 2.75) is 13.8 Å². The Labute approximate surface area is 88.9 Å². The molecule has 0 aliphatic rings. The first kappa shape index (κ1) is 11.0. The normalized spacial score (nSPS) is 11.6. The molecule has 0 N–H and O–H groups in total. The van der Waals surface area contributed by atoms with Gasteiger partial charge in [0.2, 0.25) is 0 Å². The highest BCUT2D eigenvalue weighted by Crippen LogP contribution is 2.25. The van der Waals surface area contributed by atoms with Gasteiger partial charge in [0.05, 0.1) is 5.00 Å². The zero-order chi connectivity index (χ0) is 10.7. The van der Waals surface area contributed by atoms with Crippen LogP contribution in [0.15, 0.2) is 17.7 Å². The Balaban J connectivity index is 2.88. The van der Waals surface area contributed by atoms with Crippen LogP contribution in [0.3, 0.4) is 0 Å². The molecule has 1 heterocycles. The molecule has 0 aliphatic heterocycles. The van der Waals surface area contributed by atoms with Gasteiger partial charge in [0, 0.05) is 19.0 Å². The highest BCUT2D eigenvalue weighted by Gasteiger charge is 2.01. The van der Waals surface area contributed by atoms with E-state index in [0.717, 1.165) is 10.5 Å². The van der Waals surface area contributed by atoms with Gasteiger partial charge in [0.15, 0.2) is 5.78 Å². The largest absolute Gasteiger partial charge is 0.370 e. The number of ketones is 1. The van der Waals surface area contributed by atoms with Gasteiger partial charge >= 0.3 is 0 Å². The summed E-state index contributed by atoms with van der Waals surface area (Å²) in [6.07, 6.45) is 1.93. The number of hydrogen-bond donors (Lipinski definition) is 0. The van der Waals surface area contributed by atoms with Crippen molar-refractivity contribution in [3.8, 4) is 0 Å². The lowest BCUT2D eigenvalue weighted by molar-refractivity contribution is -0.113. The van der Waals surface area contributed by atoms with Crippen LogP contribution < -0.4 is 4.90 Å². The van der Waals surface area contributed by atoms with E-state index in [4.69, 9.17) is 0 Å². The summed E-state index contributed by atoms with van der Waals surface area (Å²) in [5, 5.41) is 1.20. The molecule has 0 fully saturated rings.